The van der Waals surface area contributed by atoms with Crippen molar-refractivity contribution in [3.63, 3.8) is 0 Å². The second kappa shape index (κ2) is 14.5. The first-order chi connectivity index (χ1) is 19.1. The van der Waals surface area contributed by atoms with Crippen LogP contribution < -0.4 is 14.4 Å². The number of nitrogens with zero attached hydrogens (tertiary/aromatic N) is 2. The summed E-state index contributed by atoms with van der Waals surface area (Å²) in [5.74, 6) is 0.0809. The van der Waals surface area contributed by atoms with Crippen molar-refractivity contribution in [1.82, 2.24) is 10.2 Å². The normalized spacial score (nSPS) is 12.1. The van der Waals surface area contributed by atoms with Gasteiger partial charge in [0.15, 0.2) is 0 Å². The van der Waals surface area contributed by atoms with Crippen LogP contribution in [0, 0.1) is 9.49 Å². The first kappa shape index (κ1) is 31.4. The van der Waals surface area contributed by atoms with Gasteiger partial charge >= 0.3 is 0 Å². The average Bonchev–Trinajstić information content (AvgIpc) is 2.95. The number of ether oxygens (including phenoxy) is 1. The highest BCUT2D eigenvalue weighted by atomic mass is 127. The van der Waals surface area contributed by atoms with E-state index in [-0.39, 0.29) is 23.3 Å². The summed E-state index contributed by atoms with van der Waals surface area (Å²) in [6.07, 6.45) is 0.356. The van der Waals surface area contributed by atoms with Crippen molar-refractivity contribution in [2.45, 2.75) is 44.7 Å². The van der Waals surface area contributed by atoms with Crippen molar-refractivity contribution in [1.29, 1.82) is 0 Å². The summed E-state index contributed by atoms with van der Waals surface area (Å²) in [4.78, 5) is 28.9. The molecule has 0 heterocycles. The zero-order valence-corrected chi connectivity index (χ0v) is 26.2. The molecule has 0 radical (unpaired) electrons. The number of methoxy groups -OCH3 is 1. The molecule has 0 fully saturated rings. The maximum atomic E-state index is 14.1. The fourth-order valence-corrected chi connectivity index (χ4v) is 5.96. The van der Waals surface area contributed by atoms with Gasteiger partial charge in [0.05, 0.1) is 17.7 Å². The van der Waals surface area contributed by atoms with Crippen LogP contribution in [0.3, 0.4) is 0 Å². The lowest BCUT2D eigenvalue weighted by atomic mass is 10.1. The second-order valence-corrected chi connectivity index (χ2v) is 12.8. The summed E-state index contributed by atoms with van der Waals surface area (Å²) < 4.78 is 35.0. The molecule has 0 saturated carbocycles. The third-order valence-electron chi connectivity index (χ3n) is 6.28. The van der Waals surface area contributed by atoms with Crippen LogP contribution in [0.4, 0.5) is 5.69 Å². The smallest absolute Gasteiger partial charge is 0.264 e. The lowest BCUT2D eigenvalue weighted by Crippen LogP contribution is -2.52. The molecule has 214 valence electrons. The first-order valence-electron chi connectivity index (χ1n) is 13.1. The fourth-order valence-electron chi connectivity index (χ4n) is 4.17. The van der Waals surface area contributed by atoms with Gasteiger partial charge in [0, 0.05) is 16.7 Å². The number of carbonyl (C=O) groups excluding carboxylic acids is 2. The van der Waals surface area contributed by atoms with Gasteiger partial charge in [0.2, 0.25) is 11.8 Å². The number of halogens is 1. The Morgan fingerprint density at radius 3 is 2.25 bits per heavy atom. The highest BCUT2D eigenvalue weighted by Gasteiger charge is 2.33. The molecule has 0 aromatic heterocycles. The molecular weight excluding hydrogens is 641 g/mol. The van der Waals surface area contributed by atoms with E-state index in [1.807, 2.05) is 32.9 Å². The molecule has 8 nitrogen and oxygen atoms in total. The lowest BCUT2D eigenvalue weighted by Gasteiger charge is -2.33. The van der Waals surface area contributed by atoms with Crippen LogP contribution in [0.15, 0.2) is 83.8 Å². The van der Waals surface area contributed by atoms with Crippen molar-refractivity contribution in [2.24, 2.45) is 5.92 Å². The number of hydrogen-bond donors (Lipinski definition) is 1. The Hall–Kier alpha value is -3.12. The fraction of sp³-hybridized carbons (Fsp3) is 0.333. The summed E-state index contributed by atoms with van der Waals surface area (Å²) in [7, 11) is -2.53. The second-order valence-electron chi connectivity index (χ2n) is 9.74. The lowest BCUT2D eigenvalue weighted by molar-refractivity contribution is -0.140. The van der Waals surface area contributed by atoms with E-state index in [9.17, 15) is 18.0 Å². The predicted octanol–water partition coefficient (Wildman–Crippen LogP) is 5.07. The highest BCUT2D eigenvalue weighted by molar-refractivity contribution is 14.1. The number of hydrogen-bond acceptors (Lipinski definition) is 5. The zero-order valence-electron chi connectivity index (χ0n) is 23.2. The van der Waals surface area contributed by atoms with Gasteiger partial charge in [0.25, 0.3) is 10.0 Å². The largest absolute Gasteiger partial charge is 0.497 e. The van der Waals surface area contributed by atoms with Crippen LogP contribution in [0.2, 0.25) is 0 Å². The molecule has 0 aliphatic rings. The minimum Gasteiger partial charge on any atom is -0.497 e. The standard InChI is InChI=1S/C30H36IN3O5S/c1-5-28(30(36)32-19-22(2)3)33(20-23-10-9-11-26(18-23)39-4)29(35)21-34(25-16-14-24(31)15-17-25)40(37,38)27-12-7-6-8-13-27/h6-18,22,28H,5,19-21H2,1-4H3,(H,32,36)/t28-/m0/s1. The molecule has 0 aliphatic carbocycles. The van der Waals surface area contributed by atoms with Gasteiger partial charge in [-0.3, -0.25) is 13.9 Å². The van der Waals surface area contributed by atoms with Crippen molar-refractivity contribution < 1.29 is 22.7 Å². The third kappa shape index (κ3) is 8.20. The summed E-state index contributed by atoms with van der Waals surface area (Å²) in [5, 5.41) is 2.93. The van der Waals surface area contributed by atoms with Gasteiger partial charge < -0.3 is 15.0 Å². The van der Waals surface area contributed by atoms with E-state index in [0.29, 0.717) is 24.4 Å². The Morgan fingerprint density at radius 2 is 1.65 bits per heavy atom. The Balaban J connectivity index is 2.04. The summed E-state index contributed by atoms with van der Waals surface area (Å²) in [6, 6.07) is 21.4. The van der Waals surface area contributed by atoms with E-state index in [2.05, 4.69) is 27.9 Å². The highest BCUT2D eigenvalue weighted by Crippen LogP contribution is 2.26. The molecule has 1 N–H and O–H groups in total. The topological polar surface area (TPSA) is 96.0 Å². The third-order valence-corrected chi connectivity index (χ3v) is 8.79. The van der Waals surface area contributed by atoms with Crippen LogP contribution in [0.25, 0.3) is 0 Å². The molecule has 1 atom stereocenters. The molecule has 0 bridgehead atoms. The van der Waals surface area contributed by atoms with Gasteiger partial charge in [-0.15, -0.1) is 0 Å². The maximum Gasteiger partial charge on any atom is 0.264 e. The molecule has 3 rings (SSSR count). The number of benzene rings is 3. The molecule has 2 amide bonds. The number of carbonyl (C=O) groups is 2. The molecule has 0 aliphatic heterocycles. The molecule has 3 aromatic rings. The Morgan fingerprint density at radius 1 is 0.975 bits per heavy atom. The van der Waals surface area contributed by atoms with Crippen molar-refractivity contribution in [3.05, 3.63) is 88.0 Å². The molecule has 0 saturated heterocycles. The van der Waals surface area contributed by atoms with Crippen LogP contribution >= 0.6 is 22.6 Å². The molecule has 0 unspecified atom stereocenters. The van der Waals surface area contributed by atoms with Gasteiger partial charge in [-0.05, 0) is 89.0 Å². The van der Waals surface area contributed by atoms with E-state index in [1.54, 1.807) is 61.7 Å². The van der Waals surface area contributed by atoms with Crippen LogP contribution in [0.1, 0.15) is 32.8 Å². The average molecular weight is 678 g/mol. The maximum absolute atomic E-state index is 14.1. The van der Waals surface area contributed by atoms with Crippen molar-refractivity contribution >= 4 is 50.1 Å². The van der Waals surface area contributed by atoms with Crippen molar-refractivity contribution in [3.8, 4) is 5.75 Å². The minimum atomic E-state index is -4.09. The number of sulfonamides is 1. The Bertz CT molecular complexity index is 1380. The zero-order chi connectivity index (χ0) is 29.3. The molecular formula is C30H36IN3O5S. The van der Waals surface area contributed by atoms with E-state index >= 15 is 0 Å². The number of amides is 2. The molecule has 40 heavy (non-hydrogen) atoms. The Kier molecular flexibility index (Phi) is 11.4. The van der Waals surface area contributed by atoms with Gasteiger partial charge in [-0.1, -0.05) is 51.1 Å². The van der Waals surface area contributed by atoms with E-state index in [0.717, 1.165) is 13.4 Å². The minimum absolute atomic E-state index is 0.0717. The van der Waals surface area contributed by atoms with Crippen LogP contribution in [-0.4, -0.2) is 51.4 Å². The van der Waals surface area contributed by atoms with E-state index < -0.39 is 28.5 Å². The van der Waals surface area contributed by atoms with Gasteiger partial charge in [-0.2, -0.15) is 0 Å². The van der Waals surface area contributed by atoms with E-state index in [4.69, 9.17) is 4.74 Å². The van der Waals surface area contributed by atoms with Crippen molar-refractivity contribution in [2.75, 3.05) is 24.5 Å². The SMILES string of the molecule is CC[C@@H](C(=O)NCC(C)C)N(Cc1cccc(OC)c1)C(=O)CN(c1ccc(I)cc1)S(=O)(=O)c1ccccc1. The monoisotopic (exact) mass is 677 g/mol. The summed E-state index contributed by atoms with van der Waals surface area (Å²) >= 11 is 2.14. The van der Waals surface area contributed by atoms with Crippen LogP contribution in [-0.2, 0) is 26.2 Å². The van der Waals surface area contributed by atoms with E-state index in [1.165, 1.54) is 17.0 Å². The predicted molar refractivity (Wildman–Crippen MR) is 166 cm³/mol. The van der Waals surface area contributed by atoms with Gasteiger partial charge in [-0.25, -0.2) is 8.42 Å². The van der Waals surface area contributed by atoms with Gasteiger partial charge in [0.1, 0.15) is 18.3 Å². The molecule has 3 aromatic carbocycles. The first-order valence-corrected chi connectivity index (χ1v) is 15.6. The quantitative estimate of drug-likeness (QED) is 0.255. The number of nitrogens with one attached hydrogen (secondary N) is 1. The number of rotatable bonds is 13. The van der Waals surface area contributed by atoms with Crippen LogP contribution in [0.5, 0.6) is 5.75 Å². The molecule has 0 spiro atoms. The Labute approximate surface area is 250 Å². The summed E-state index contributed by atoms with van der Waals surface area (Å²) in [6.45, 7) is 5.92. The molecule has 10 heteroatoms. The number of anilines is 1. The summed E-state index contributed by atoms with van der Waals surface area (Å²) in [5.41, 5.74) is 1.12.